The molecule has 2 amide bonds. The molecule has 1 aliphatic carbocycles. The zero-order valence-electron chi connectivity index (χ0n) is 16.0. The summed E-state index contributed by atoms with van der Waals surface area (Å²) in [6, 6.07) is 6.20. The van der Waals surface area contributed by atoms with E-state index >= 15 is 0 Å². The largest absolute Gasteiger partial charge is 0.325 e. The predicted molar refractivity (Wildman–Crippen MR) is 111 cm³/mol. The van der Waals surface area contributed by atoms with Gasteiger partial charge in [-0.15, -0.1) is 10.2 Å². The molecule has 1 aromatic heterocycles. The predicted octanol–water partition coefficient (Wildman–Crippen LogP) is 4.18. The van der Waals surface area contributed by atoms with Crippen LogP contribution in [-0.2, 0) is 9.59 Å². The maximum atomic E-state index is 12.6. The molecule has 0 radical (unpaired) electrons. The van der Waals surface area contributed by atoms with Crippen molar-refractivity contribution in [3.05, 3.63) is 29.3 Å². The number of hydrogen-bond acceptors (Lipinski definition) is 6. The summed E-state index contributed by atoms with van der Waals surface area (Å²) in [5.41, 5.74) is 2.94. The summed E-state index contributed by atoms with van der Waals surface area (Å²) >= 11 is 2.74. The third-order valence-corrected chi connectivity index (χ3v) is 6.57. The minimum absolute atomic E-state index is 0.0715. The van der Waals surface area contributed by atoms with Crippen molar-refractivity contribution in [3.8, 4) is 0 Å². The zero-order chi connectivity index (χ0) is 19.6. The molecular formula is C19H24N4O2S2. The number of thioether (sulfide) groups is 1. The maximum Gasteiger partial charge on any atom is 0.237 e. The van der Waals surface area contributed by atoms with Crippen LogP contribution in [-0.4, -0.2) is 33.3 Å². The molecule has 0 spiro atoms. The minimum atomic E-state index is -0.318. The van der Waals surface area contributed by atoms with Gasteiger partial charge in [0.05, 0.1) is 5.25 Å². The number of aromatic nitrogens is 2. The number of hydrogen-bond donors (Lipinski definition) is 1. The highest BCUT2D eigenvalue weighted by molar-refractivity contribution is 8.02. The van der Waals surface area contributed by atoms with Gasteiger partial charge in [-0.05, 0) is 44.7 Å². The molecule has 2 aromatic rings. The molecule has 6 nitrogen and oxygen atoms in total. The number of nitrogens with zero attached hydrogens (tertiary/aromatic N) is 3. The topological polar surface area (TPSA) is 75.2 Å². The van der Waals surface area contributed by atoms with Gasteiger partial charge in [0.25, 0.3) is 0 Å². The summed E-state index contributed by atoms with van der Waals surface area (Å²) in [5, 5.41) is 11.7. The molecule has 144 valence electrons. The van der Waals surface area contributed by atoms with Crippen LogP contribution in [0.3, 0.4) is 0 Å². The second-order valence-corrected chi connectivity index (χ2v) is 9.26. The number of carbonyl (C=O) groups is 2. The van der Waals surface area contributed by atoms with E-state index in [0.717, 1.165) is 29.7 Å². The van der Waals surface area contributed by atoms with Crippen molar-refractivity contribution in [1.82, 2.24) is 10.2 Å². The number of benzene rings is 1. The first kappa shape index (κ1) is 19.8. The lowest BCUT2D eigenvalue weighted by Gasteiger charge is -2.17. The van der Waals surface area contributed by atoms with Crippen molar-refractivity contribution in [2.75, 3.05) is 10.2 Å². The third-order valence-electron chi connectivity index (χ3n) is 4.46. The Hall–Kier alpha value is -1.93. The summed E-state index contributed by atoms with van der Waals surface area (Å²) in [6.07, 6.45) is 2.48. The molecule has 1 atom stereocenters. The monoisotopic (exact) mass is 404 g/mol. The van der Waals surface area contributed by atoms with Gasteiger partial charge in [-0.2, -0.15) is 0 Å². The van der Waals surface area contributed by atoms with Crippen LogP contribution in [0.4, 0.5) is 10.8 Å². The molecule has 27 heavy (non-hydrogen) atoms. The van der Waals surface area contributed by atoms with Gasteiger partial charge in [0.2, 0.25) is 16.9 Å². The summed E-state index contributed by atoms with van der Waals surface area (Å²) in [7, 11) is 0. The Labute approximate surface area is 167 Å². The van der Waals surface area contributed by atoms with Crippen LogP contribution >= 0.6 is 23.1 Å². The number of amides is 2. The first-order valence-corrected chi connectivity index (χ1v) is 10.8. The number of nitrogens with one attached hydrogen (secondary N) is 1. The SMILES string of the molecule is CCC(=O)N(c1nnc(SC(C)C(=O)Nc2c(C)cccc2C)s1)C1CC1. The van der Waals surface area contributed by atoms with Crippen molar-refractivity contribution >= 4 is 45.7 Å². The van der Waals surface area contributed by atoms with Gasteiger partial charge in [0, 0.05) is 18.2 Å². The normalized spacial score (nSPS) is 14.7. The number of anilines is 2. The number of para-hydroxylation sites is 1. The van der Waals surface area contributed by atoms with Gasteiger partial charge in [0.15, 0.2) is 4.34 Å². The summed E-state index contributed by atoms with van der Waals surface area (Å²) in [6.45, 7) is 7.67. The van der Waals surface area contributed by atoms with Crippen LogP contribution < -0.4 is 10.2 Å². The number of aryl methyl sites for hydroxylation is 2. The Morgan fingerprint density at radius 2 is 1.96 bits per heavy atom. The highest BCUT2D eigenvalue weighted by Gasteiger charge is 2.35. The van der Waals surface area contributed by atoms with Crippen LogP contribution in [0, 0.1) is 13.8 Å². The van der Waals surface area contributed by atoms with E-state index in [-0.39, 0.29) is 23.1 Å². The molecule has 1 aliphatic rings. The fraction of sp³-hybridized carbons (Fsp3) is 0.474. The van der Waals surface area contributed by atoms with Gasteiger partial charge in [-0.25, -0.2) is 0 Å². The standard InChI is InChI=1S/C19H24N4O2S2/c1-5-15(24)23(14-9-10-14)18-21-22-19(27-18)26-13(4)17(25)20-16-11(2)7-6-8-12(16)3/h6-8,13-14H,5,9-10H2,1-4H3,(H,20,25). The fourth-order valence-corrected chi connectivity index (χ4v) is 4.83. The van der Waals surface area contributed by atoms with E-state index in [0.29, 0.717) is 15.9 Å². The van der Waals surface area contributed by atoms with Crippen LogP contribution in [0.1, 0.15) is 44.2 Å². The molecule has 1 saturated carbocycles. The molecule has 1 unspecified atom stereocenters. The Morgan fingerprint density at radius 1 is 1.30 bits per heavy atom. The van der Waals surface area contributed by atoms with Gasteiger partial charge >= 0.3 is 0 Å². The number of rotatable bonds is 7. The Kier molecular flexibility index (Phi) is 6.16. The smallest absolute Gasteiger partial charge is 0.237 e. The molecule has 1 heterocycles. The molecular weight excluding hydrogens is 380 g/mol. The molecule has 0 aliphatic heterocycles. The van der Waals surface area contributed by atoms with E-state index < -0.39 is 0 Å². The Bertz CT molecular complexity index is 828. The van der Waals surface area contributed by atoms with Crippen molar-refractivity contribution in [3.63, 3.8) is 0 Å². The average molecular weight is 405 g/mol. The molecule has 1 fully saturated rings. The lowest BCUT2D eigenvalue weighted by atomic mass is 10.1. The van der Waals surface area contributed by atoms with Crippen LogP contribution in [0.25, 0.3) is 0 Å². The Balaban J connectivity index is 1.66. The second kappa shape index (κ2) is 8.39. The summed E-state index contributed by atoms with van der Waals surface area (Å²) in [4.78, 5) is 26.6. The van der Waals surface area contributed by atoms with Crippen molar-refractivity contribution < 1.29 is 9.59 Å². The molecule has 1 aromatic carbocycles. The molecule has 8 heteroatoms. The van der Waals surface area contributed by atoms with E-state index in [1.807, 2.05) is 45.9 Å². The highest BCUT2D eigenvalue weighted by atomic mass is 32.2. The first-order valence-electron chi connectivity index (χ1n) is 9.10. The third kappa shape index (κ3) is 4.68. The van der Waals surface area contributed by atoms with E-state index in [1.54, 1.807) is 4.90 Å². The average Bonchev–Trinajstić information content (AvgIpc) is 3.37. The van der Waals surface area contributed by atoms with E-state index in [4.69, 9.17) is 0 Å². The van der Waals surface area contributed by atoms with Gasteiger partial charge < -0.3 is 5.32 Å². The molecule has 1 N–H and O–H groups in total. The number of carbonyl (C=O) groups excluding carboxylic acids is 2. The van der Waals surface area contributed by atoms with Crippen LogP contribution in [0.15, 0.2) is 22.5 Å². The van der Waals surface area contributed by atoms with Crippen LogP contribution in [0.5, 0.6) is 0 Å². The van der Waals surface area contributed by atoms with Gasteiger partial charge in [0.1, 0.15) is 0 Å². The quantitative estimate of drug-likeness (QED) is 0.553. The lowest BCUT2D eigenvalue weighted by molar-refractivity contribution is -0.118. The van der Waals surface area contributed by atoms with Crippen molar-refractivity contribution in [2.24, 2.45) is 0 Å². The van der Waals surface area contributed by atoms with Crippen molar-refractivity contribution in [1.29, 1.82) is 0 Å². The summed E-state index contributed by atoms with van der Waals surface area (Å²) < 4.78 is 0.698. The second-order valence-electron chi connectivity index (χ2n) is 6.72. The van der Waals surface area contributed by atoms with E-state index in [2.05, 4.69) is 15.5 Å². The molecule has 0 saturated heterocycles. The van der Waals surface area contributed by atoms with E-state index in [9.17, 15) is 9.59 Å². The molecule has 0 bridgehead atoms. The minimum Gasteiger partial charge on any atom is -0.325 e. The Morgan fingerprint density at radius 3 is 2.56 bits per heavy atom. The van der Waals surface area contributed by atoms with Gasteiger partial charge in [-0.1, -0.05) is 48.2 Å². The molecule has 3 rings (SSSR count). The summed E-state index contributed by atoms with van der Waals surface area (Å²) in [5.74, 6) is 0.00357. The zero-order valence-corrected chi connectivity index (χ0v) is 17.6. The van der Waals surface area contributed by atoms with Crippen LogP contribution in [0.2, 0.25) is 0 Å². The van der Waals surface area contributed by atoms with Crippen molar-refractivity contribution in [2.45, 2.75) is 62.6 Å². The lowest BCUT2D eigenvalue weighted by Crippen LogP contribution is -2.32. The van der Waals surface area contributed by atoms with E-state index in [1.165, 1.54) is 23.1 Å². The fourth-order valence-electron chi connectivity index (χ4n) is 2.76. The highest BCUT2D eigenvalue weighted by Crippen LogP contribution is 2.37. The maximum absolute atomic E-state index is 12.6. The van der Waals surface area contributed by atoms with Gasteiger partial charge in [-0.3, -0.25) is 14.5 Å². The first-order chi connectivity index (χ1) is 12.9.